The smallest absolute Gasteiger partial charge is 0.272 e. The summed E-state index contributed by atoms with van der Waals surface area (Å²) in [6.07, 6.45) is 5.02. The van der Waals surface area contributed by atoms with Crippen molar-refractivity contribution in [3.05, 3.63) is 52.8 Å². The molecule has 0 atom stereocenters. The molecule has 1 aliphatic heterocycles. The first kappa shape index (κ1) is 19.0. The average molecular weight is 364 g/mol. The van der Waals surface area contributed by atoms with Crippen LogP contribution in [0.15, 0.2) is 47.3 Å². The third-order valence-electron chi connectivity index (χ3n) is 4.94. The molecule has 2 aromatic carbocycles. The number of aromatic nitrogens is 2. The first-order chi connectivity index (χ1) is 13.2. The molecule has 27 heavy (non-hydrogen) atoms. The molecule has 3 N–H and O–H groups in total. The molecular weight excluding hydrogens is 336 g/mol. The van der Waals surface area contributed by atoms with Crippen LogP contribution in [-0.4, -0.2) is 23.3 Å². The van der Waals surface area contributed by atoms with Gasteiger partial charge in [0, 0.05) is 24.0 Å². The van der Waals surface area contributed by atoms with Gasteiger partial charge in [0.15, 0.2) is 0 Å². The van der Waals surface area contributed by atoms with Gasteiger partial charge < -0.3 is 10.6 Å². The van der Waals surface area contributed by atoms with E-state index in [1.54, 1.807) is 0 Å². The number of anilines is 2. The molecule has 0 aliphatic carbocycles. The van der Waals surface area contributed by atoms with Crippen molar-refractivity contribution in [1.29, 1.82) is 0 Å². The number of nitrogens with two attached hydrogens (primary N) is 1. The maximum Gasteiger partial charge on any atom is 0.272 e. The van der Waals surface area contributed by atoms with E-state index in [1.807, 2.05) is 50.2 Å². The lowest BCUT2D eigenvalue weighted by Gasteiger charge is -2.24. The molecule has 1 fully saturated rings. The van der Waals surface area contributed by atoms with E-state index in [1.165, 1.54) is 25.7 Å². The van der Waals surface area contributed by atoms with Gasteiger partial charge in [-0.2, -0.15) is 5.10 Å². The zero-order valence-electron chi connectivity index (χ0n) is 16.2. The topological polar surface area (TPSA) is 75.0 Å². The molecule has 0 radical (unpaired) electrons. The SMILES string of the molecule is CC.Nc1cc(-c2n[nH]c(=O)c3ccccc23)ccc1N1CCCCCC1. The molecule has 142 valence electrons. The Balaban J connectivity index is 0.00000102. The van der Waals surface area contributed by atoms with Crippen LogP contribution in [0.1, 0.15) is 39.5 Å². The zero-order valence-corrected chi connectivity index (χ0v) is 16.2. The highest BCUT2D eigenvalue weighted by molar-refractivity contribution is 5.94. The molecule has 0 saturated carbocycles. The van der Waals surface area contributed by atoms with Crippen molar-refractivity contribution in [2.24, 2.45) is 0 Å². The summed E-state index contributed by atoms with van der Waals surface area (Å²) in [6, 6.07) is 13.6. The number of nitrogen functional groups attached to an aromatic ring is 1. The Bertz CT molecular complexity index is 956. The first-order valence-corrected chi connectivity index (χ1v) is 9.86. The largest absolute Gasteiger partial charge is 0.397 e. The van der Waals surface area contributed by atoms with Crippen molar-refractivity contribution >= 4 is 22.1 Å². The minimum Gasteiger partial charge on any atom is -0.397 e. The fourth-order valence-electron chi connectivity index (χ4n) is 3.64. The molecule has 0 amide bonds. The van der Waals surface area contributed by atoms with Crippen LogP contribution in [0.2, 0.25) is 0 Å². The number of benzene rings is 2. The Morgan fingerprint density at radius 3 is 2.30 bits per heavy atom. The number of fused-ring (bicyclic) bond motifs is 1. The van der Waals surface area contributed by atoms with E-state index in [2.05, 4.69) is 21.2 Å². The fourth-order valence-corrected chi connectivity index (χ4v) is 3.64. The second kappa shape index (κ2) is 8.71. The lowest BCUT2D eigenvalue weighted by Crippen LogP contribution is -2.24. The third-order valence-corrected chi connectivity index (χ3v) is 4.94. The predicted molar refractivity (Wildman–Crippen MR) is 114 cm³/mol. The van der Waals surface area contributed by atoms with Crippen LogP contribution in [-0.2, 0) is 0 Å². The highest BCUT2D eigenvalue weighted by Gasteiger charge is 2.15. The van der Waals surface area contributed by atoms with Gasteiger partial charge in [0.2, 0.25) is 0 Å². The van der Waals surface area contributed by atoms with E-state index in [4.69, 9.17) is 5.73 Å². The third kappa shape index (κ3) is 3.97. The summed E-state index contributed by atoms with van der Waals surface area (Å²) in [7, 11) is 0. The summed E-state index contributed by atoms with van der Waals surface area (Å²) in [5.41, 5.74) is 9.73. The Kier molecular flexibility index (Phi) is 6.12. The predicted octanol–water partition coefficient (Wildman–Crippen LogP) is 4.58. The van der Waals surface area contributed by atoms with Crippen LogP contribution in [0.3, 0.4) is 0 Å². The Labute approximate surface area is 160 Å². The second-order valence-corrected chi connectivity index (χ2v) is 6.62. The molecular formula is C22H28N4O. The molecule has 4 rings (SSSR count). The minimum atomic E-state index is -0.173. The van der Waals surface area contributed by atoms with Crippen molar-refractivity contribution in [2.45, 2.75) is 39.5 Å². The maximum absolute atomic E-state index is 12.0. The quantitative estimate of drug-likeness (QED) is 0.653. The summed E-state index contributed by atoms with van der Waals surface area (Å²) in [4.78, 5) is 14.4. The van der Waals surface area contributed by atoms with Gasteiger partial charge in [-0.05, 0) is 31.0 Å². The fraction of sp³-hybridized carbons (Fsp3) is 0.364. The number of hydrogen-bond acceptors (Lipinski definition) is 4. The minimum absolute atomic E-state index is 0.173. The van der Waals surface area contributed by atoms with Gasteiger partial charge in [0.1, 0.15) is 0 Å². The van der Waals surface area contributed by atoms with Gasteiger partial charge in [-0.25, -0.2) is 5.10 Å². The Morgan fingerprint density at radius 1 is 0.963 bits per heavy atom. The van der Waals surface area contributed by atoms with Gasteiger partial charge in [0.05, 0.1) is 22.5 Å². The van der Waals surface area contributed by atoms with E-state index < -0.39 is 0 Å². The van der Waals surface area contributed by atoms with Gasteiger partial charge in [-0.1, -0.05) is 51.0 Å². The van der Waals surface area contributed by atoms with Crippen molar-refractivity contribution in [3.8, 4) is 11.3 Å². The number of nitrogens with zero attached hydrogens (tertiary/aromatic N) is 2. The highest BCUT2D eigenvalue weighted by atomic mass is 16.1. The molecule has 3 aromatic rings. The van der Waals surface area contributed by atoms with E-state index in [0.717, 1.165) is 41.1 Å². The van der Waals surface area contributed by atoms with Crippen molar-refractivity contribution in [3.63, 3.8) is 0 Å². The average Bonchev–Trinajstić information content (AvgIpc) is 2.99. The standard InChI is InChI=1S/C20H22N4O.C2H6/c21-17-13-14(9-10-18(17)24-11-5-1-2-6-12-24)19-15-7-3-4-8-16(15)20(25)23-22-19;1-2/h3-4,7-10,13H,1-2,5-6,11-12,21H2,(H,23,25);1-2H3. The van der Waals surface area contributed by atoms with E-state index in [9.17, 15) is 4.79 Å². The zero-order chi connectivity index (χ0) is 19.2. The van der Waals surface area contributed by atoms with Crippen molar-refractivity contribution in [2.75, 3.05) is 23.7 Å². The van der Waals surface area contributed by atoms with E-state index in [0.29, 0.717) is 5.39 Å². The van der Waals surface area contributed by atoms with E-state index >= 15 is 0 Å². The number of nitrogens with one attached hydrogen (secondary N) is 1. The Hall–Kier alpha value is -2.82. The summed E-state index contributed by atoms with van der Waals surface area (Å²) in [5, 5.41) is 8.34. The normalized spacial score (nSPS) is 14.4. The number of hydrogen-bond donors (Lipinski definition) is 2. The maximum atomic E-state index is 12.0. The number of aromatic amines is 1. The molecule has 0 spiro atoms. The summed E-state index contributed by atoms with van der Waals surface area (Å²) in [6.45, 7) is 6.12. The molecule has 0 bridgehead atoms. The first-order valence-electron chi connectivity index (χ1n) is 9.86. The highest BCUT2D eigenvalue weighted by Crippen LogP contribution is 2.32. The Morgan fingerprint density at radius 2 is 1.63 bits per heavy atom. The number of rotatable bonds is 2. The molecule has 2 heterocycles. The second-order valence-electron chi connectivity index (χ2n) is 6.62. The van der Waals surface area contributed by atoms with Crippen LogP contribution in [0.25, 0.3) is 22.0 Å². The number of H-pyrrole nitrogens is 1. The van der Waals surface area contributed by atoms with Crippen LogP contribution >= 0.6 is 0 Å². The van der Waals surface area contributed by atoms with Crippen LogP contribution < -0.4 is 16.2 Å². The van der Waals surface area contributed by atoms with Gasteiger partial charge >= 0.3 is 0 Å². The van der Waals surface area contributed by atoms with Gasteiger partial charge in [-0.15, -0.1) is 0 Å². The molecule has 1 aromatic heterocycles. The molecule has 1 saturated heterocycles. The van der Waals surface area contributed by atoms with Crippen LogP contribution in [0, 0.1) is 0 Å². The lowest BCUT2D eigenvalue weighted by atomic mass is 10.0. The monoisotopic (exact) mass is 364 g/mol. The molecule has 5 nitrogen and oxygen atoms in total. The summed E-state index contributed by atoms with van der Waals surface area (Å²) in [5.74, 6) is 0. The molecule has 5 heteroatoms. The molecule has 0 unspecified atom stereocenters. The van der Waals surface area contributed by atoms with E-state index in [-0.39, 0.29) is 5.56 Å². The van der Waals surface area contributed by atoms with Crippen LogP contribution in [0.5, 0.6) is 0 Å². The summed E-state index contributed by atoms with van der Waals surface area (Å²) < 4.78 is 0. The lowest BCUT2D eigenvalue weighted by molar-refractivity contribution is 0.726. The van der Waals surface area contributed by atoms with Crippen molar-refractivity contribution < 1.29 is 0 Å². The summed E-state index contributed by atoms with van der Waals surface area (Å²) >= 11 is 0. The van der Waals surface area contributed by atoms with Gasteiger partial charge in [-0.3, -0.25) is 4.79 Å². The van der Waals surface area contributed by atoms with Crippen LogP contribution in [0.4, 0.5) is 11.4 Å². The molecule has 1 aliphatic rings. The van der Waals surface area contributed by atoms with Crippen molar-refractivity contribution in [1.82, 2.24) is 10.2 Å². The van der Waals surface area contributed by atoms with Gasteiger partial charge in [0.25, 0.3) is 5.56 Å².